The molecule has 0 saturated carbocycles. The standard InChI is InChI=1S/C14H17N3O2S/c15-11-13-2-1-3-14(10-13)20(18,19)17-9-6-12-4-7-16-8-5-12/h1-4,10,16-17H,5-9H2. The summed E-state index contributed by atoms with van der Waals surface area (Å²) in [4.78, 5) is 0.135. The molecular weight excluding hydrogens is 274 g/mol. The molecule has 5 nitrogen and oxygen atoms in total. The minimum atomic E-state index is -3.54. The van der Waals surface area contributed by atoms with Crippen molar-refractivity contribution in [3.05, 3.63) is 41.5 Å². The van der Waals surface area contributed by atoms with Crippen LogP contribution in [0.5, 0.6) is 0 Å². The van der Waals surface area contributed by atoms with E-state index in [1.165, 1.54) is 17.7 Å². The Morgan fingerprint density at radius 1 is 1.40 bits per heavy atom. The zero-order valence-electron chi connectivity index (χ0n) is 11.1. The van der Waals surface area contributed by atoms with E-state index >= 15 is 0 Å². The molecule has 1 aliphatic rings. The Bertz CT molecular complexity index is 645. The van der Waals surface area contributed by atoms with Crippen molar-refractivity contribution in [2.75, 3.05) is 19.6 Å². The van der Waals surface area contributed by atoms with E-state index in [0.717, 1.165) is 25.9 Å². The Morgan fingerprint density at radius 3 is 2.95 bits per heavy atom. The molecule has 2 rings (SSSR count). The number of nitriles is 1. The second-order valence-electron chi connectivity index (χ2n) is 4.60. The Morgan fingerprint density at radius 2 is 2.25 bits per heavy atom. The zero-order valence-corrected chi connectivity index (χ0v) is 11.9. The van der Waals surface area contributed by atoms with Gasteiger partial charge in [-0.3, -0.25) is 0 Å². The monoisotopic (exact) mass is 291 g/mol. The molecule has 6 heteroatoms. The number of rotatable bonds is 5. The summed E-state index contributed by atoms with van der Waals surface area (Å²) in [6, 6.07) is 7.97. The van der Waals surface area contributed by atoms with Crippen LogP contribution in [-0.4, -0.2) is 28.1 Å². The first-order valence-corrected chi connectivity index (χ1v) is 7.98. The summed E-state index contributed by atoms with van der Waals surface area (Å²) in [6.07, 6.45) is 3.79. The SMILES string of the molecule is N#Cc1cccc(S(=O)(=O)NCCC2=CCNCC2)c1. The number of hydrogen-bond donors (Lipinski definition) is 2. The maximum absolute atomic E-state index is 12.1. The summed E-state index contributed by atoms with van der Waals surface area (Å²) in [5.41, 5.74) is 1.62. The predicted octanol–water partition coefficient (Wildman–Crippen LogP) is 1.15. The maximum atomic E-state index is 12.1. The fourth-order valence-electron chi connectivity index (χ4n) is 2.06. The largest absolute Gasteiger partial charge is 0.313 e. The number of sulfonamides is 1. The molecule has 1 heterocycles. The lowest BCUT2D eigenvalue weighted by Gasteiger charge is -2.14. The van der Waals surface area contributed by atoms with Crippen LogP contribution in [0.2, 0.25) is 0 Å². The Hall–Kier alpha value is -1.68. The van der Waals surface area contributed by atoms with Crippen molar-refractivity contribution < 1.29 is 8.42 Å². The highest BCUT2D eigenvalue weighted by Crippen LogP contribution is 2.12. The van der Waals surface area contributed by atoms with E-state index in [-0.39, 0.29) is 4.90 Å². The quantitative estimate of drug-likeness (QED) is 0.797. The van der Waals surface area contributed by atoms with E-state index < -0.39 is 10.0 Å². The molecule has 2 N–H and O–H groups in total. The number of benzene rings is 1. The first-order valence-electron chi connectivity index (χ1n) is 6.50. The summed E-state index contributed by atoms with van der Waals surface area (Å²) in [7, 11) is -3.54. The summed E-state index contributed by atoms with van der Waals surface area (Å²) in [5, 5.41) is 12.0. The molecule has 0 radical (unpaired) electrons. The average molecular weight is 291 g/mol. The highest BCUT2D eigenvalue weighted by molar-refractivity contribution is 7.89. The molecule has 0 spiro atoms. The van der Waals surface area contributed by atoms with Gasteiger partial charge in [0.25, 0.3) is 0 Å². The molecule has 1 aromatic carbocycles. The van der Waals surface area contributed by atoms with Crippen LogP contribution in [0.25, 0.3) is 0 Å². The molecule has 1 aliphatic heterocycles. The predicted molar refractivity (Wildman–Crippen MR) is 76.5 cm³/mol. The van der Waals surface area contributed by atoms with Gasteiger partial charge in [-0.1, -0.05) is 17.7 Å². The van der Waals surface area contributed by atoms with E-state index in [1.807, 2.05) is 6.07 Å². The van der Waals surface area contributed by atoms with Gasteiger partial charge in [-0.15, -0.1) is 0 Å². The smallest absolute Gasteiger partial charge is 0.240 e. The van der Waals surface area contributed by atoms with E-state index in [9.17, 15) is 8.42 Å². The van der Waals surface area contributed by atoms with Gasteiger partial charge in [0.2, 0.25) is 10.0 Å². The van der Waals surface area contributed by atoms with E-state index in [2.05, 4.69) is 16.1 Å². The van der Waals surface area contributed by atoms with Gasteiger partial charge in [0.1, 0.15) is 0 Å². The third kappa shape index (κ3) is 3.90. The average Bonchev–Trinajstić information content (AvgIpc) is 2.48. The molecule has 0 unspecified atom stereocenters. The second kappa shape index (κ2) is 6.66. The molecular formula is C14H17N3O2S. The summed E-state index contributed by atoms with van der Waals surface area (Å²) < 4.78 is 26.8. The van der Waals surface area contributed by atoms with Gasteiger partial charge in [0, 0.05) is 13.1 Å². The minimum Gasteiger partial charge on any atom is -0.313 e. The van der Waals surface area contributed by atoms with Crippen molar-refractivity contribution in [1.82, 2.24) is 10.0 Å². The third-order valence-corrected chi connectivity index (χ3v) is 4.63. The summed E-state index contributed by atoms with van der Waals surface area (Å²) in [6.45, 7) is 2.18. The highest BCUT2D eigenvalue weighted by Gasteiger charge is 2.14. The van der Waals surface area contributed by atoms with Gasteiger partial charge in [-0.2, -0.15) is 5.26 Å². The molecule has 20 heavy (non-hydrogen) atoms. The molecule has 0 aromatic heterocycles. The highest BCUT2D eigenvalue weighted by atomic mass is 32.2. The molecule has 106 valence electrons. The Kier molecular flexibility index (Phi) is 4.90. The van der Waals surface area contributed by atoms with Crippen molar-refractivity contribution in [2.45, 2.75) is 17.7 Å². The summed E-state index contributed by atoms with van der Waals surface area (Å²) in [5.74, 6) is 0. The van der Waals surface area contributed by atoms with E-state index in [0.29, 0.717) is 12.1 Å². The van der Waals surface area contributed by atoms with Gasteiger partial charge < -0.3 is 5.32 Å². The van der Waals surface area contributed by atoms with Crippen LogP contribution < -0.4 is 10.0 Å². The Balaban J connectivity index is 1.97. The normalized spacial score (nSPS) is 15.4. The molecule has 0 saturated heterocycles. The fourth-order valence-corrected chi connectivity index (χ4v) is 3.14. The van der Waals surface area contributed by atoms with Crippen LogP contribution in [0, 0.1) is 11.3 Å². The molecule has 0 fully saturated rings. The second-order valence-corrected chi connectivity index (χ2v) is 6.37. The number of nitrogens with one attached hydrogen (secondary N) is 2. The van der Waals surface area contributed by atoms with Crippen LogP contribution in [-0.2, 0) is 10.0 Å². The molecule has 0 aliphatic carbocycles. The topological polar surface area (TPSA) is 82.0 Å². The summed E-state index contributed by atoms with van der Waals surface area (Å²) >= 11 is 0. The van der Waals surface area contributed by atoms with Crippen LogP contribution in [0.1, 0.15) is 18.4 Å². The van der Waals surface area contributed by atoms with Crippen LogP contribution in [0.4, 0.5) is 0 Å². The zero-order chi connectivity index (χ0) is 14.4. The fraction of sp³-hybridized carbons (Fsp3) is 0.357. The van der Waals surface area contributed by atoms with Crippen LogP contribution >= 0.6 is 0 Å². The van der Waals surface area contributed by atoms with Crippen molar-refractivity contribution >= 4 is 10.0 Å². The van der Waals surface area contributed by atoms with Gasteiger partial charge in [0.15, 0.2) is 0 Å². The molecule has 0 atom stereocenters. The first-order chi connectivity index (χ1) is 9.62. The molecule has 0 bridgehead atoms. The van der Waals surface area contributed by atoms with Gasteiger partial charge in [-0.05, 0) is 37.6 Å². The van der Waals surface area contributed by atoms with Gasteiger partial charge in [-0.25, -0.2) is 13.1 Å². The van der Waals surface area contributed by atoms with Crippen molar-refractivity contribution in [2.24, 2.45) is 0 Å². The van der Waals surface area contributed by atoms with Crippen molar-refractivity contribution in [1.29, 1.82) is 5.26 Å². The van der Waals surface area contributed by atoms with Crippen molar-refractivity contribution in [3.63, 3.8) is 0 Å². The molecule has 0 amide bonds. The molecule has 1 aromatic rings. The lowest BCUT2D eigenvalue weighted by Crippen LogP contribution is -2.26. The van der Waals surface area contributed by atoms with Crippen LogP contribution in [0.3, 0.4) is 0 Å². The minimum absolute atomic E-state index is 0.135. The van der Waals surface area contributed by atoms with Crippen LogP contribution in [0.15, 0.2) is 40.8 Å². The lowest BCUT2D eigenvalue weighted by molar-refractivity contribution is 0.579. The first kappa shape index (κ1) is 14.7. The number of nitrogens with zero attached hydrogens (tertiary/aromatic N) is 1. The maximum Gasteiger partial charge on any atom is 0.240 e. The Labute approximate surface area is 119 Å². The third-order valence-electron chi connectivity index (χ3n) is 3.17. The van der Waals surface area contributed by atoms with E-state index in [1.54, 1.807) is 12.1 Å². The van der Waals surface area contributed by atoms with Gasteiger partial charge >= 0.3 is 0 Å². The van der Waals surface area contributed by atoms with Crippen molar-refractivity contribution in [3.8, 4) is 6.07 Å². The number of hydrogen-bond acceptors (Lipinski definition) is 4. The van der Waals surface area contributed by atoms with Gasteiger partial charge in [0.05, 0.1) is 16.5 Å². The van der Waals surface area contributed by atoms with E-state index in [4.69, 9.17) is 5.26 Å². The lowest BCUT2D eigenvalue weighted by atomic mass is 10.1.